The maximum Gasteiger partial charge on any atom is 0.330 e. The summed E-state index contributed by atoms with van der Waals surface area (Å²) in [4.78, 5) is 22.6. The molecule has 0 saturated carbocycles. The summed E-state index contributed by atoms with van der Waals surface area (Å²) in [6.07, 6.45) is 6.73. The highest BCUT2D eigenvalue weighted by Crippen LogP contribution is 2.17. The third kappa shape index (κ3) is 8.51. The summed E-state index contributed by atoms with van der Waals surface area (Å²) in [6.45, 7) is 10.9. The minimum absolute atomic E-state index is 0.241. The van der Waals surface area contributed by atoms with E-state index in [9.17, 15) is 9.59 Å². The Hall–Kier alpha value is -1.58. The normalized spacial score (nSPS) is 13.1. The van der Waals surface area contributed by atoms with Gasteiger partial charge in [0.15, 0.2) is 0 Å². The second-order valence-corrected chi connectivity index (χ2v) is 4.69. The number of carbonyl (C=O) groups is 2. The molecule has 0 saturated heterocycles. The van der Waals surface area contributed by atoms with Crippen molar-refractivity contribution in [3.63, 3.8) is 0 Å². The van der Waals surface area contributed by atoms with Crippen molar-refractivity contribution < 1.29 is 19.1 Å². The third-order valence-electron chi connectivity index (χ3n) is 2.92. The lowest BCUT2D eigenvalue weighted by Gasteiger charge is -2.23. The summed E-state index contributed by atoms with van der Waals surface area (Å²) in [7, 11) is 0. The van der Waals surface area contributed by atoms with Crippen molar-refractivity contribution in [3.05, 3.63) is 25.3 Å². The highest BCUT2D eigenvalue weighted by atomic mass is 16.6. The fourth-order valence-corrected chi connectivity index (χ4v) is 1.92. The predicted molar refractivity (Wildman–Crippen MR) is 79.2 cm³/mol. The Bertz CT molecular complexity index is 322. The van der Waals surface area contributed by atoms with Gasteiger partial charge in [-0.25, -0.2) is 9.59 Å². The van der Waals surface area contributed by atoms with Gasteiger partial charge in [0.1, 0.15) is 12.2 Å². The van der Waals surface area contributed by atoms with Crippen molar-refractivity contribution in [2.75, 3.05) is 0 Å². The van der Waals surface area contributed by atoms with Crippen LogP contribution in [0.1, 0.15) is 52.4 Å². The Kier molecular flexibility index (Phi) is 10.4. The van der Waals surface area contributed by atoms with Gasteiger partial charge in [0.05, 0.1) is 0 Å². The molecule has 0 aliphatic heterocycles. The highest BCUT2D eigenvalue weighted by Gasteiger charge is 2.21. The van der Waals surface area contributed by atoms with Crippen LogP contribution in [0, 0.1) is 0 Å². The van der Waals surface area contributed by atoms with E-state index in [4.69, 9.17) is 9.47 Å². The highest BCUT2D eigenvalue weighted by molar-refractivity contribution is 5.81. The molecular formula is C16H26O4. The Morgan fingerprint density at radius 3 is 1.85 bits per heavy atom. The number of esters is 2. The summed E-state index contributed by atoms with van der Waals surface area (Å²) < 4.78 is 10.6. The first-order valence-corrected chi connectivity index (χ1v) is 7.23. The summed E-state index contributed by atoms with van der Waals surface area (Å²) in [5.41, 5.74) is 0. The Morgan fingerprint density at radius 1 is 0.950 bits per heavy atom. The monoisotopic (exact) mass is 282 g/mol. The molecule has 20 heavy (non-hydrogen) atoms. The van der Waals surface area contributed by atoms with Crippen LogP contribution < -0.4 is 0 Å². The molecule has 0 fully saturated rings. The van der Waals surface area contributed by atoms with Crippen molar-refractivity contribution in [1.82, 2.24) is 0 Å². The average Bonchev–Trinajstić information content (AvgIpc) is 2.44. The minimum Gasteiger partial charge on any atom is -0.459 e. The lowest BCUT2D eigenvalue weighted by Crippen LogP contribution is -2.26. The van der Waals surface area contributed by atoms with E-state index in [0.29, 0.717) is 6.42 Å². The van der Waals surface area contributed by atoms with Crippen LogP contribution in [0.15, 0.2) is 25.3 Å². The van der Waals surface area contributed by atoms with E-state index in [0.717, 1.165) is 44.3 Å². The molecule has 0 amide bonds. The SMILES string of the molecule is C=CC(=O)OC(CCC)CC(CCCC)OC(=O)C=C. The van der Waals surface area contributed by atoms with Gasteiger partial charge >= 0.3 is 11.9 Å². The van der Waals surface area contributed by atoms with Crippen molar-refractivity contribution in [3.8, 4) is 0 Å². The van der Waals surface area contributed by atoms with E-state index in [1.807, 2.05) is 6.92 Å². The quantitative estimate of drug-likeness (QED) is 0.429. The zero-order valence-corrected chi connectivity index (χ0v) is 12.6. The molecule has 4 nitrogen and oxygen atoms in total. The predicted octanol–water partition coefficient (Wildman–Crippen LogP) is 3.56. The molecule has 0 aliphatic carbocycles. The van der Waals surface area contributed by atoms with Gasteiger partial charge in [-0.1, -0.05) is 46.3 Å². The molecule has 0 bridgehead atoms. The topological polar surface area (TPSA) is 52.6 Å². The van der Waals surface area contributed by atoms with E-state index in [-0.39, 0.29) is 12.2 Å². The van der Waals surface area contributed by atoms with Crippen LogP contribution in [0.25, 0.3) is 0 Å². The third-order valence-corrected chi connectivity index (χ3v) is 2.92. The lowest BCUT2D eigenvalue weighted by atomic mass is 10.0. The number of hydrogen-bond acceptors (Lipinski definition) is 4. The first-order chi connectivity index (χ1) is 9.57. The van der Waals surface area contributed by atoms with Gasteiger partial charge < -0.3 is 9.47 Å². The molecule has 2 atom stereocenters. The summed E-state index contributed by atoms with van der Waals surface area (Å²) in [6, 6.07) is 0. The summed E-state index contributed by atoms with van der Waals surface area (Å²) in [5.74, 6) is -0.871. The number of ether oxygens (including phenoxy) is 2. The first kappa shape index (κ1) is 18.4. The second kappa shape index (κ2) is 11.3. The molecule has 0 aromatic carbocycles. The van der Waals surface area contributed by atoms with Crippen LogP contribution in [-0.4, -0.2) is 24.1 Å². The van der Waals surface area contributed by atoms with Gasteiger partial charge in [0.2, 0.25) is 0 Å². The van der Waals surface area contributed by atoms with Gasteiger partial charge in [-0.3, -0.25) is 0 Å². The maximum atomic E-state index is 11.3. The van der Waals surface area contributed by atoms with Crippen molar-refractivity contribution in [1.29, 1.82) is 0 Å². The minimum atomic E-state index is -0.437. The Labute approximate surface area is 121 Å². The molecule has 0 N–H and O–H groups in total. The van der Waals surface area contributed by atoms with Crippen LogP contribution in [0.4, 0.5) is 0 Å². The fraction of sp³-hybridized carbons (Fsp3) is 0.625. The van der Waals surface area contributed by atoms with Gasteiger partial charge in [-0.15, -0.1) is 0 Å². The van der Waals surface area contributed by atoms with Crippen molar-refractivity contribution in [2.45, 2.75) is 64.6 Å². The van der Waals surface area contributed by atoms with E-state index in [2.05, 4.69) is 20.1 Å². The average molecular weight is 282 g/mol. The lowest BCUT2D eigenvalue weighted by molar-refractivity contribution is -0.149. The van der Waals surface area contributed by atoms with Gasteiger partial charge in [0, 0.05) is 18.6 Å². The molecule has 114 valence electrons. The molecule has 0 aromatic heterocycles. The van der Waals surface area contributed by atoms with E-state index in [1.54, 1.807) is 0 Å². The number of carbonyl (C=O) groups excluding carboxylic acids is 2. The molecule has 0 rings (SSSR count). The summed E-state index contributed by atoms with van der Waals surface area (Å²) >= 11 is 0. The second-order valence-electron chi connectivity index (χ2n) is 4.69. The molecular weight excluding hydrogens is 256 g/mol. The number of hydrogen-bond donors (Lipinski definition) is 0. The number of rotatable bonds is 11. The fourth-order valence-electron chi connectivity index (χ4n) is 1.92. The molecule has 0 aliphatic rings. The van der Waals surface area contributed by atoms with Crippen molar-refractivity contribution >= 4 is 11.9 Å². The molecule has 4 heteroatoms. The standard InChI is InChI=1S/C16H26O4/c1-5-9-11-14(20-16(18)8-4)12-13(10-6-2)19-15(17)7-3/h7-8,13-14H,3-6,9-12H2,1-2H3. The molecule has 0 aromatic rings. The molecule has 2 unspecified atom stereocenters. The van der Waals surface area contributed by atoms with Crippen LogP contribution in [0.2, 0.25) is 0 Å². The smallest absolute Gasteiger partial charge is 0.330 e. The zero-order chi connectivity index (χ0) is 15.4. The van der Waals surface area contributed by atoms with Gasteiger partial charge in [-0.05, 0) is 12.8 Å². The van der Waals surface area contributed by atoms with Crippen LogP contribution >= 0.6 is 0 Å². The molecule has 0 heterocycles. The van der Waals surface area contributed by atoms with E-state index < -0.39 is 11.9 Å². The Morgan fingerprint density at radius 2 is 1.45 bits per heavy atom. The molecule has 0 radical (unpaired) electrons. The van der Waals surface area contributed by atoms with Crippen LogP contribution in [-0.2, 0) is 19.1 Å². The van der Waals surface area contributed by atoms with E-state index in [1.165, 1.54) is 0 Å². The first-order valence-electron chi connectivity index (χ1n) is 7.23. The zero-order valence-electron chi connectivity index (χ0n) is 12.6. The maximum absolute atomic E-state index is 11.3. The number of unbranched alkanes of at least 4 members (excludes halogenated alkanes) is 1. The van der Waals surface area contributed by atoms with E-state index >= 15 is 0 Å². The summed E-state index contributed by atoms with van der Waals surface area (Å²) in [5, 5.41) is 0. The van der Waals surface area contributed by atoms with Crippen molar-refractivity contribution in [2.24, 2.45) is 0 Å². The van der Waals surface area contributed by atoms with Crippen LogP contribution in [0.3, 0.4) is 0 Å². The van der Waals surface area contributed by atoms with Gasteiger partial charge in [-0.2, -0.15) is 0 Å². The Balaban J connectivity index is 4.58. The molecule has 0 spiro atoms. The largest absolute Gasteiger partial charge is 0.459 e. The van der Waals surface area contributed by atoms with Gasteiger partial charge in [0.25, 0.3) is 0 Å². The van der Waals surface area contributed by atoms with Crippen LogP contribution in [0.5, 0.6) is 0 Å².